The molecular weight excluding hydrogens is 406 g/mol. The van der Waals surface area contributed by atoms with Gasteiger partial charge in [0.05, 0.1) is 0 Å². The van der Waals surface area contributed by atoms with Crippen LogP contribution in [0.15, 0.2) is 11.6 Å². The summed E-state index contributed by atoms with van der Waals surface area (Å²) in [4.78, 5) is 35.4. The molecule has 1 unspecified atom stereocenters. The highest BCUT2D eigenvalue weighted by atomic mass is 16.5. The highest BCUT2D eigenvalue weighted by Gasteiger charge is 2.59. The molecule has 3 saturated carbocycles. The van der Waals surface area contributed by atoms with E-state index in [2.05, 4.69) is 19.9 Å². The van der Waals surface area contributed by atoms with Gasteiger partial charge in [-0.25, -0.2) is 0 Å². The molecule has 0 saturated heterocycles. The highest BCUT2D eigenvalue weighted by molar-refractivity contribution is 5.79. The number of allylic oxidation sites excluding steroid dienone is 1. The third-order valence-electron chi connectivity index (χ3n) is 9.82. The molecule has 0 spiro atoms. The Hall–Kier alpha value is -1.69. The van der Waals surface area contributed by atoms with E-state index in [1.54, 1.807) is 6.92 Å². The molecule has 3 N–H and O–H groups in total. The predicted molar refractivity (Wildman–Crippen MR) is 121 cm³/mol. The number of fused-ring (bicyclic) bond motifs is 5. The molecule has 0 bridgehead atoms. The number of nitrogens with two attached hydrogens (primary N) is 1. The van der Waals surface area contributed by atoms with E-state index in [4.69, 9.17) is 15.6 Å². The van der Waals surface area contributed by atoms with Crippen molar-refractivity contribution in [3.63, 3.8) is 0 Å². The van der Waals surface area contributed by atoms with Gasteiger partial charge in [-0.3, -0.25) is 14.4 Å². The Morgan fingerprint density at radius 1 is 1.16 bits per heavy atom. The van der Waals surface area contributed by atoms with Crippen LogP contribution in [0.3, 0.4) is 0 Å². The Morgan fingerprint density at radius 2 is 1.91 bits per heavy atom. The highest BCUT2D eigenvalue weighted by Crippen LogP contribution is 2.66. The van der Waals surface area contributed by atoms with Gasteiger partial charge in [-0.15, -0.1) is 0 Å². The van der Waals surface area contributed by atoms with Gasteiger partial charge >= 0.3 is 11.9 Å². The molecule has 0 radical (unpaired) electrons. The van der Waals surface area contributed by atoms with Crippen molar-refractivity contribution in [1.82, 2.24) is 0 Å². The minimum absolute atomic E-state index is 0.0442. The van der Waals surface area contributed by atoms with Gasteiger partial charge < -0.3 is 15.6 Å². The lowest BCUT2D eigenvalue weighted by Crippen LogP contribution is -2.51. The van der Waals surface area contributed by atoms with E-state index in [-0.39, 0.29) is 41.7 Å². The molecule has 0 aromatic heterocycles. The standard InChI is InChI=1S/C26H39NO5/c1-15(28)19-6-7-20-18-5-4-16-14-17(32-23(29)9-8-22(27)24(30)31)10-12-25(16,2)21(18)11-13-26(19,20)3/h4,17-22H,5-14,27H2,1-3H3,(H,30,31)/t17-,18-,19+,20-,21-,22?,25-,26+/m0/s1. The Bertz CT molecular complexity index is 821. The topological polar surface area (TPSA) is 107 Å². The fraction of sp³-hybridized carbons (Fsp3) is 0.808. The van der Waals surface area contributed by atoms with Gasteiger partial charge in [0.1, 0.15) is 17.9 Å². The number of rotatable bonds is 6. The molecule has 4 aliphatic rings. The van der Waals surface area contributed by atoms with Crippen LogP contribution >= 0.6 is 0 Å². The molecule has 178 valence electrons. The first-order valence-electron chi connectivity index (χ1n) is 12.4. The summed E-state index contributed by atoms with van der Waals surface area (Å²) in [5.74, 6) is 1.11. The van der Waals surface area contributed by atoms with E-state index in [1.807, 2.05) is 0 Å². The molecule has 0 aromatic rings. The molecule has 0 heterocycles. The van der Waals surface area contributed by atoms with Gasteiger partial charge in [-0.2, -0.15) is 0 Å². The Labute approximate surface area is 191 Å². The number of hydrogen-bond donors (Lipinski definition) is 2. The number of Topliss-reactive ketones (excluding diaryl/α,β-unsaturated/α-hetero) is 1. The van der Waals surface area contributed by atoms with Crippen LogP contribution in [0.1, 0.15) is 85.0 Å². The number of ether oxygens (including phenoxy) is 1. The van der Waals surface area contributed by atoms with E-state index in [0.29, 0.717) is 23.5 Å². The maximum atomic E-state index is 12.3. The van der Waals surface area contributed by atoms with Crippen molar-refractivity contribution in [3.8, 4) is 0 Å². The zero-order chi connectivity index (χ0) is 23.3. The zero-order valence-corrected chi connectivity index (χ0v) is 19.8. The largest absolute Gasteiger partial charge is 0.480 e. The van der Waals surface area contributed by atoms with Crippen LogP contribution in [0.5, 0.6) is 0 Å². The quantitative estimate of drug-likeness (QED) is 0.467. The van der Waals surface area contributed by atoms with Gasteiger partial charge in [0.2, 0.25) is 0 Å². The number of carboxylic acids is 1. The maximum absolute atomic E-state index is 12.3. The third kappa shape index (κ3) is 3.93. The Kier molecular flexibility index (Phi) is 6.30. The molecule has 3 fully saturated rings. The molecule has 32 heavy (non-hydrogen) atoms. The molecule has 6 nitrogen and oxygen atoms in total. The number of esters is 1. The lowest BCUT2D eigenvalue weighted by atomic mass is 9.47. The van der Waals surface area contributed by atoms with Gasteiger partial charge in [0, 0.05) is 18.8 Å². The second-order valence-corrected chi connectivity index (χ2v) is 11.4. The number of ketones is 1. The molecule has 4 aliphatic carbocycles. The molecule has 0 aliphatic heterocycles. The van der Waals surface area contributed by atoms with Crippen LogP contribution < -0.4 is 5.73 Å². The second-order valence-electron chi connectivity index (χ2n) is 11.4. The average molecular weight is 446 g/mol. The minimum Gasteiger partial charge on any atom is -0.480 e. The summed E-state index contributed by atoms with van der Waals surface area (Å²) in [7, 11) is 0. The van der Waals surface area contributed by atoms with E-state index in [1.165, 1.54) is 18.4 Å². The van der Waals surface area contributed by atoms with Crippen LogP contribution in [0.4, 0.5) is 0 Å². The van der Waals surface area contributed by atoms with Gasteiger partial charge in [-0.1, -0.05) is 25.5 Å². The van der Waals surface area contributed by atoms with Crippen molar-refractivity contribution in [3.05, 3.63) is 11.6 Å². The summed E-state index contributed by atoms with van der Waals surface area (Å²) in [5, 5.41) is 8.88. The molecule has 8 atom stereocenters. The van der Waals surface area contributed by atoms with Crippen molar-refractivity contribution in [1.29, 1.82) is 0 Å². The minimum atomic E-state index is -1.09. The maximum Gasteiger partial charge on any atom is 0.320 e. The van der Waals surface area contributed by atoms with Crippen molar-refractivity contribution in [2.75, 3.05) is 0 Å². The Morgan fingerprint density at radius 3 is 2.59 bits per heavy atom. The Balaban J connectivity index is 1.41. The van der Waals surface area contributed by atoms with Crippen molar-refractivity contribution in [2.45, 2.75) is 97.1 Å². The van der Waals surface area contributed by atoms with E-state index >= 15 is 0 Å². The first-order valence-corrected chi connectivity index (χ1v) is 12.4. The number of carbonyl (C=O) groups is 3. The normalized spacial score (nSPS) is 41.5. The van der Waals surface area contributed by atoms with Crippen LogP contribution in [-0.4, -0.2) is 35.0 Å². The molecule has 0 amide bonds. The summed E-state index contributed by atoms with van der Waals surface area (Å²) in [6, 6.07) is -1.02. The number of hydrogen-bond acceptors (Lipinski definition) is 5. The van der Waals surface area contributed by atoms with E-state index < -0.39 is 12.0 Å². The van der Waals surface area contributed by atoms with Crippen molar-refractivity contribution < 1.29 is 24.2 Å². The fourth-order valence-electron chi connectivity index (χ4n) is 8.04. The van der Waals surface area contributed by atoms with Crippen LogP contribution in [-0.2, 0) is 19.1 Å². The van der Waals surface area contributed by atoms with Crippen LogP contribution in [0.25, 0.3) is 0 Å². The lowest BCUT2D eigenvalue weighted by molar-refractivity contribution is -0.152. The summed E-state index contributed by atoms with van der Waals surface area (Å²) in [6.07, 6.45) is 10.8. The van der Waals surface area contributed by atoms with Crippen molar-refractivity contribution >= 4 is 17.7 Å². The van der Waals surface area contributed by atoms with Crippen LogP contribution in [0.2, 0.25) is 0 Å². The SMILES string of the molecule is CC(=O)[C@H]1CC[C@H]2[C@@H]3CC=C4C[C@@H](OC(=O)CCC(N)C(=O)O)CC[C@]4(C)[C@H]3CC[C@]12C. The number of carboxylic acid groups (broad SMARTS) is 1. The zero-order valence-electron chi connectivity index (χ0n) is 19.8. The van der Waals surface area contributed by atoms with Crippen LogP contribution in [0, 0.1) is 34.5 Å². The molecule has 4 rings (SSSR count). The first-order chi connectivity index (χ1) is 15.1. The van der Waals surface area contributed by atoms with Gasteiger partial charge in [0.15, 0.2) is 0 Å². The van der Waals surface area contributed by atoms with Crippen molar-refractivity contribution in [2.24, 2.45) is 40.2 Å². The monoisotopic (exact) mass is 445 g/mol. The summed E-state index contributed by atoms with van der Waals surface area (Å²) in [6.45, 7) is 6.57. The van der Waals surface area contributed by atoms with E-state index in [9.17, 15) is 14.4 Å². The lowest BCUT2D eigenvalue weighted by Gasteiger charge is -2.58. The summed E-state index contributed by atoms with van der Waals surface area (Å²) in [5.41, 5.74) is 7.27. The number of carbonyl (C=O) groups excluding carboxylic acids is 2. The third-order valence-corrected chi connectivity index (χ3v) is 9.82. The molecular formula is C26H39NO5. The number of aliphatic carboxylic acids is 1. The fourth-order valence-corrected chi connectivity index (χ4v) is 8.04. The summed E-state index contributed by atoms with van der Waals surface area (Å²) < 4.78 is 5.71. The average Bonchev–Trinajstić information content (AvgIpc) is 3.09. The van der Waals surface area contributed by atoms with E-state index in [0.717, 1.165) is 38.5 Å². The molecule has 6 heteroatoms. The smallest absolute Gasteiger partial charge is 0.320 e. The van der Waals surface area contributed by atoms with Gasteiger partial charge in [0.25, 0.3) is 0 Å². The predicted octanol–water partition coefficient (Wildman–Crippen LogP) is 4.26. The van der Waals surface area contributed by atoms with Gasteiger partial charge in [-0.05, 0) is 86.9 Å². The second kappa shape index (κ2) is 8.58. The first kappa shape index (κ1) is 23.5. The molecule has 0 aromatic carbocycles. The summed E-state index contributed by atoms with van der Waals surface area (Å²) >= 11 is 0.